The highest BCUT2D eigenvalue weighted by molar-refractivity contribution is 5.79. The number of hydrogen-bond donors (Lipinski definition) is 0. The van der Waals surface area contributed by atoms with Gasteiger partial charge in [-0.05, 0) is 58.6 Å². The molecule has 0 heterocycles. The number of allylic oxidation sites excluding steroid dienone is 2. The van der Waals surface area contributed by atoms with Gasteiger partial charge in [0.25, 0.3) is 0 Å². The molecule has 0 bridgehead atoms. The van der Waals surface area contributed by atoms with E-state index in [1.807, 2.05) is 30.3 Å². The molecule has 1 aliphatic rings. The molecule has 1 aromatic rings. The van der Waals surface area contributed by atoms with Crippen molar-refractivity contribution in [2.24, 2.45) is 5.92 Å². The molecular weight excluding hydrogens is 298 g/mol. The van der Waals surface area contributed by atoms with Crippen molar-refractivity contribution in [2.45, 2.75) is 58.0 Å². The van der Waals surface area contributed by atoms with Crippen LogP contribution in [0, 0.1) is 5.92 Å². The summed E-state index contributed by atoms with van der Waals surface area (Å²) in [5.74, 6) is -0.0483. The third-order valence-corrected chi connectivity index (χ3v) is 5.11. The van der Waals surface area contributed by atoms with Crippen molar-refractivity contribution in [2.75, 3.05) is 13.7 Å². The van der Waals surface area contributed by atoms with Crippen LogP contribution in [0.2, 0.25) is 0 Å². The summed E-state index contributed by atoms with van der Waals surface area (Å²) in [6, 6.07) is 10.7. The minimum Gasteiger partial charge on any atom is -0.464 e. The van der Waals surface area contributed by atoms with Crippen molar-refractivity contribution in [3.8, 4) is 0 Å². The van der Waals surface area contributed by atoms with Crippen LogP contribution in [0.25, 0.3) is 0 Å². The summed E-state index contributed by atoms with van der Waals surface area (Å²) < 4.78 is 5.73. The lowest BCUT2D eigenvalue weighted by Crippen LogP contribution is -2.39. The largest absolute Gasteiger partial charge is 0.464 e. The summed E-state index contributed by atoms with van der Waals surface area (Å²) in [6.07, 6.45) is 7.71. The van der Waals surface area contributed by atoms with E-state index < -0.39 is 0 Å². The normalized spacial score (nSPS) is 20.2. The monoisotopic (exact) mass is 329 g/mol. The van der Waals surface area contributed by atoms with Crippen LogP contribution in [0.3, 0.4) is 0 Å². The predicted molar refractivity (Wildman–Crippen MR) is 99.0 cm³/mol. The summed E-state index contributed by atoms with van der Waals surface area (Å²) in [5, 5.41) is 0. The number of esters is 1. The van der Waals surface area contributed by atoms with Crippen LogP contribution in [0.5, 0.6) is 0 Å². The first-order chi connectivity index (χ1) is 11.5. The summed E-state index contributed by atoms with van der Waals surface area (Å²) in [6.45, 7) is 6.84. The molecule has 2 rings (SSSR count). The SMILES string of the molecule is CC(C)N(C)C(C)COC(=O)C(c1ccccc1)C1C=CCCC1. The number of nitrogens with zero attached hydrogens (tertiary/aromatic N) is 1. The molecular formula is C21H31NO2. The fraction of sp³-hybridized carbons (Fsp3) is 0.571. The van der Waals surface area contributed by atoms with E-state index in [1.54, 1.807) is 0 Å². The molecule has 0 radical (unpaired) electrons. The van der Waals surface area contributed by atoms with Gasteiger partial charge in [0.05, 0.1) is 5.92 Å². The molecule has 0 fully saturated rings. The number of hydrogen-bond acceptors (Lipinski definition) is 3. The molecule has 1 aliphatic carbocycles. The van der Waals surface area contributed by atoms with Crippen molar-refractivity contribution in [1.82, 2.24) is 4.90 Å². The molecule has 3 unspecified atom stereocenters. The minimum absolute atomic E-state index is 0.0956. The van der Waals surface area contributed by atoms with Gasteiger partial charge in [0.15, 0.2) is 0 Å². The van der Waals surface area contributed by atoms with Gasteiger partial charge >= 0.3 is 5.97 Å². The zero-order valence-electron chi connectivity index (χ0n) is 15.4. The Morgan fingerprint density at radius 2 is 1.96 bits per heavy atom. The lowest BCUT2D eigenvalue weighted by Gasteiger charge is -2.30. The molecule has 132 valence electrons. The highest BCUT2D eigenvalue weighted by atomic mass is 16.5. The van der Waals surface area contributed by atoms with Crippen molar-refractivity contribution in [3.63, 3.8) is 0 Å². The number of carbonyl (C=O) groups is 1. The minimum atomic E-state index is -0.195. The number of benzene rings is 1. The molecule has 0 aliphatic heterocycles. The highest BCUT2D eigenvalue weighted by Gasteiger charge is 2.30. The van der Waals surface area contributed by atoms with E-state index in [-0.39, 0.29) is 23.8 Å². The van der Waals surface area contributed by atoms with Crippen LogP contribution in [0.1, 0.15) is 51.5 Å². The zero-order chi connectivity index (χ0) is 17.5. The second kappa shape index (κ2) is 9.03. The van der Waals surface area contributed by atoms with Crippen LogP contribution >= 0.6 is 0 Å². The molecule has 3 atom stereocenters. The fourth-order valence-corrected chi connectivity index (χ4v) is 3.25. The fourth-order valence-electron chi connectivity index (χ4n) is 3.25. The average molecular weight is 329 g/mol. The van der Waals surface area contributed by atoms with Gasteiger partial charge in [-0.3, -0.25) is 9.69 Å². The third kappa shape index (κ3) is 4.94. The average Bonchev–Trinajstić information content (AvgIpc) is 2.61. The Hall–Kier alpha value is -1.61. The van der Waals surface area contributed by atoms with Crippen molar-refractivity contribution in [1.29, 1.82) is 0 Å². The second-order valence-corrected chi connectivity index (χ2v) is 7.15. The quantitative estimate of drug-likeness (QED) is 0.548. The Morgan fingerprint density at radius 1 is 1.25 bits per heavy atom. The van der Waals surface area contributed by atoms with E-state index in [0.29, 0.717) is 12.6 Å². The molecule has 0 spiro atoms. The standard InChI is InChI=1S/C21H31NO2/c1-16(2)22(4)17(3)15-24-21(23)20(18-11-7-5-8-12-18)19-13-9-6-10-14-19/h5,7-9,11-13,16-17,19-20H,6,10,14-15H2,1-4H3. The third-order valence-electron chi connectivity index (χ3n) is 5.11. The maximum atomic E-state index is 12.9. The molecule has 3 heteroatoms. The van der Waals surface area contributed by atoms with E-state index in [9.17, 15) is 4.79 Å². The van der Waals surface area contributed by atoms with Gasteiger partial charge in [-0.2, -0.15) is 0 Å². The molecule has 3 nitrogen and oxygen atoms in total. The van der Waals surface area contributed by atoms with E-state index in [4.69, 9.17) is 4.74 Å². The van der Waals surface area contributed by atoms with Gasteiger partial charge in [0, 0.05) is 12.1 Å². The summed E-state index contributed by atoms with van der Waals surface area (Å²) in [4.78, 5) is 15.1. The summed E-state index contributed by atoms with van der Waals surface area (Å²) in [7, 11) is 2.07. The van der Waals surface area contributed by atoms with Gasteiger partial charge in [-0.15, -0.1) is 0 Å². The maximum absolute atomic E-state index is 12.9. The van der Waals surface area contributed by atoms with E-state index in [2.05, 4.69) is 44.9 Å². The smallest absolute Gasteiger partial charge is 0.314 e. The van der Waals surface area contributed by atoms with Crippen LogP contribution < -0.4 is 0 Å². The lowest BCUT2D eigenvalue weighted by molar-refractivity contribution is -0.148. The molecule has 1 aromatic carbocycles. The first-order valence-corrected chi connectivity index (χ1v) is 9.11. The van der Waals surface area contributed by atoms with E-state index in [0.717, 1.165) is 24.8 Å². The van der Waals surface area contributed by atoms with Gasteiger partial charge in [0.1, 0.15) is 6.61 Å². The molecule has 0 aromatic heterocycles. The number of likely N-dealkylation sites (N-methyl/N-ethyl adjacent to an activating group) is 1. The van der Waals surface area contributed by atoms with Crippen molar-refractivity contribution in [3.05, 3.63) is 48.0 Å². The molecule has 0 N–H and O–H groups in total. The molecule has 0 amide bonds. The number of carbonyl (C=O) groups excluding carboxylic acids is 1. The topological polar surface area (TPSA) is 29.5 Å². The molecule has 24 heavy (non-hydrogen) atoms. The summed E-state index contributed by atoms with van der Waals surface area (Å²) >= 11 is 0. The lowest BCUT2D eigenvalue weighted by atomic mass is 9.80. The molecule has 0 saturated carbocycles. The van der Waals surface area contributed by atoms with Gasteiger partial charge in [0.2, 0.25) is 0 Å². The Balaban J connectivity index is 2.08. The Bertz CT molecular complexity index is 538. The highest BCUT2D eigenvalue weighted by Crippen LogP contribution is 2.33. The van der Waals surface area contributed by atoms with E-state index in [1.165, 1.54) is 0 Å². The second-order valence-electron chi connectivity index (χ2n) is 7.15. The van der Waals surface area contributed by atoms with Gasteiger partial charge in [-0.25, -0.2) is 0 Å². The van der Waals surface area contributed by atoms with Crippen molar-refractivity contribution >= 4 is 5.97 Å². The first-order valence-electron chi connectivity index (χ1n) is 9.11. The maximum Gasteiger partial charge on any atom is 0.314 e. The Kier molecular flexibility index (Phi) is 7.04. The van der Waals surface area contributed by atoms with Crippen LogP contribution in [0.15, 0.2) is 42.5 Å². The summed E-state index contributed by atoms with van der Waals surface area (Å²) in [5.41, 5.74) is 1.06. The molecule has 0 saturated heterocycles. The first kappa shape index (κ1) is 18.7. The van der Waals surface area contributed by atoms with Crippen LogP contribution in [-0.2, 0) is 9.53 Å². The predicted octanol–water partition coefficient (Wildman–Crippen LogP) is 4.40. The van der Waals surface area contributed by atoms with E-state index >= 15 is 0 Å². The Morgan fingerprint density at radius 3 is 2.54 bits per heavy atom. The zero-order valence-corrected chi connectivity index (χ0v) is 15.4. The van der Waals surface area contributed by atoms with Crippen molar-refractivity contribution < 1.29 is 9.53 Å². The number of rotatable bonds is 7. The number of ether oxygens (including phenoxy) is 1. The van der Waals surface area contributed by atoms with Crippen LogP contribution in [0.4, 0.5) is 0 Å². The van der Waals surface area contributed by atoms with Crippen LogP contribution in [-0.4, -0.2) is 36.6 Å². The van der Waals surface area contributed by atoms with Gasteiger partial charge < -0.3 is 4.74 Å². The Labute approximate surface area is 146 Å². The van der Waals surface area contributed by atoms with Gasteiger partial charge in [-0.1, -0.05) is 42.5 Å².